The lowest BCUT2D eigenvalue weighted by atomic mass is 10.3. The van der Waals surface area contributed by atoms with Gasteiger partial charge in [0, 0.05) is 24.1 Å². The molecule has 0 aromatic heterocycles. The Hall–Kier alpha value is -0.670. The van der Waals surface area contributed by atoms with Crippen LogP contribution in [0.4, 0.5) is 5.69 Å². The summed E-state index contributed by atoms with van der Waals surface area (Å²) in [5.74, 6) is 1.23. The van der Waals surface area contributed by atoms with Gasteiger partial charge in [-0.3, -0.25) is 0 Å². The van der Waals surface area contributed by atoms with Gasteiger partial charge in [0.1, 0.15) is 0 Å². The Morgan fingerprint density at radius 2 is 1.85 bits per heavy atom. The molecule has 0 bridgehead atoms. The topological polar surface area (TPSA) is 21.3 Å². The minimum Gasteiger partial charge on any atom is -0.384 e. The molecule has 3 heteroatoms. The Bertz CT molecular complexity index is 318. The normalized spacial score (nSPS) is 12.3. The molecule has 114 valence electrons. The van der Waals surface area contributed by atoms with E-state index in [0.717, 1.165) is 19.8 Å². The van der Waals surface area contributed by atoms with Gasteiger partial charge in [-0.2, -0.15) is 11.8 Å². The largest absolute Gasteiger partial charge is 0.384 e. The molecule has 0 saturated carbocycles. The number of para-hydroxylation sites is 1. The third kappa shape index (κ3) is 8.49. The molecule has 1 aromatic rings. The van der Waals surface area contributed by atoms with Gasteiger partial charge in [-0.25, -0.2) is 0 Å². The second-order valence-electron chi connectivity index (χ2n) is 5.02. The summed E-state index contributed by atoms with van der Waals surface area (Å²) >= 11 is 2.04. The molecule has 1 atom stereocenters. The summed E-state index contributed by atoms with van der Waals surface area (Å²) in [5, 5.41) is 4.05. The summed E-state index contributed by atoms with van der Waals surface area (Å²) in [6, 6.07) is 10.4. The van der Waals surface area contributed by atoms with Crippen LogP contribution in [0, 0.1) is 0 Å². The second kappa shape index (κ2) is 12.1. The number of anilines is 1. The first-order valence-electron chi connectivity index (χ1n) is 7.85. The molecule has 1 unspecified atom stereocenters. The molecule has 1 aromatic carbocycles. The van der Waals surface area contributed by atoms with E-state index in [-0.39, 0.29) is 0 Å². The summed E-state index contributed by atoms with van der Waals surface area (Å²) in [6.45, 7) is 7.18. The maximum atomic E-state index is 5.79. The molecule has 20 heavy (non-hydrogen) atoms. The van der Waals surface area contributed by atoms with Crippen molar-refractivity contribution in [1.29, 1.82) is 0 Å². The van der Waals surface area contributed by atoms with E-state index in [1.807, 2.05) is 17.8 Å². The van der Waals surface area contributed by atoms with Gasteiger partial charge < -0.3 is 10.1 Å². The first-order chi connectivity index (χ1) is 9.86. The number of hydrogen-bond donors (Lipinski definition) is 1. The molecule has 0 spiro atoms. The van der Waals surface area contributed by atoms with Crippen LogP contribution in [0.15, 0.2) is 30.3 Å². The van der Waals surface area contributed by atoms with E-state index in [4.69, 9.17) is 4.74 Å². The Morgan fingerprint density at radius 1 is 1.10 bits per heavy atom. The maximum Gasteiger partial charge on any atom is 0.0602 e. The van der Waals surface area contributed by atoms with E-state index < -0.39 is 0 Å². The van der Waals surface area contributed by atoms with E-state index in [9.17, 15) is 0 Å². The summed E-state index contributed by atoms with van der Waals surface area (Å²) in [7, 11) is 0. The molecular formula is C17H29NOS. The van der Waals surface area contributed by atoms with Gasteiger partial charge in [0.05, 0.1) is 6.61 Å². The third-order valence-electron chi connectivity index (χ3n) is 3.11. The van der Waals surface area contributed by atoms with Crippen molar-refractivity contribution >= 4 is 17.4 Å². The smallest absolute Gasteiger partial charge is 0.0602 e. The van der Waals surface area contributed by atoms with Gasteiger partial charge in [0.2, 0.25) is 0 Å². The lowest BCUT2D eigenvalue weighted by molar-refractivity contribution is 0.134. The van der Waals surface area contributed by atoms with Crippen LogP contribution in [0.25, 0.3) is 0 Å². The molecular weight excluding hydrogens is 266 g/mol. The van der Waals surface area contributed by atoms with Crippen LogP contribution in [0.1, 0.15) is 39.5 Å². The van der Waals surface area contributed by atoms with E-state index in [0.29, 0.717) is 5.25 Å². The van der Waals surface area contributed by atoms with Gasteiger partial charge in [-0.15, -0.1) is 0 Å². The molecule has 1 rings (SSSR count). The average Bonchev–Trinajstić information content (AvgIpc) is 2.49. The lowest BCUT2D eigenvalue weighted by Gasteiger charge is -2.18. The van der Waals surface area contributed by atoms with Crippen LogP contribution >= 0.6 is 11.8 Å². The number of rotatable bonds is 12. The third-order valence-corrected chi connectivity index (χ3v) is 4.40. The van der Waals surface area contributed by atoms with Crippen LogP contribution in [-0.4, -0.2) is 30.8 Å². The number of benzene rings is 1. The molecule has 1 N–H and O–H groups in total. The molecule has 0 fully saturated rings. The SMILES string of the molecule is CCCCOCC(CNc1ccccc1)SCCCC. The maximum absolute atomic E-state index is 5.79. The van der Waals surface area contributed by atoms with Crippen molar-refractivity contribution in [2.24, 2.45) is 0 Å². The highest BCUT2D eigenvalue weighted by Gasteiger charge is 2.09. The highest BCUT2D eigenvalue weighted by molar-refractivity contribution is 7.99. The standard InChI is InChI=1S/C17H29NOS/c1-3-5-12-19-15-17(20-13-6-4-2)14-18-16-10-8-7-9-11-16/h7-11,17-18H,3-6,12-15H2,1-2H3. The monoisotopic (exact) mass is 295 g/mol. The van der Waals surface area contributed by atoms with Gasteiger partial charge in [0.15, 0.2) is 0 Å². The fourth-order valence-corrected chi connectivity index (χ4v) is 2.99. The second-order valence-corrected chi connectivity index (χ2v) is 6.43. The zero-order valence-corrected chi connectivity index (χ0v) is 13.8. The van der Waals surface area contributed by atoms with Crippen LogP contribution in [0.5, 0.6) is 0 Å². The zero-order chi connectivity index (χ0) is 14.5. The van der Waals surface area contributed by atoms with E-state index >= 15 is 0 Å². The van der Waals surface area contributed by atoms with Crippen LogP contribution < -0.4 is 5.32 Å². The van der Waals surface area contributed by atoms with Gasteiger partial charge >= 0.3 is 0 Å². The minimum absolute atomic E-state index is 0.540. The predicted molar refractivity (Wildman–Crippen MR) is 91.8 cm³/mol. The minimum atomic E-state index is 0.540. The van der Waals surface area contributed by atoms with Crippen molar-refractivity contribution in [2.45, 2.75) is 44.8 Å². The van der Waals surface area contributed by atoms with Crippen LogP contribution in [0.3, 0.4) is 0 Å². The lowest BCUT2D eigenvalue weighted by Crippen LogP contribution is -2.23. The molecule has 0 radical (unpaired) electrons. The first-order valence-corrected chi connectivity index (χ1v) is 8.90. The number of ether oxygens (including phenoxy) is 1. The van der Waals surface area contributed by atoms with E-state index in [1.54, 1.807) is 0 Å². The van der Waals surface area contributed by atoms with Crippen molar-refractivity contribution in [3.8, 4) is 0 Å². The van der Waals surface area contributed by atoms with Crippen molar-refractivity contribution in [1.82, 2.24) is 0 Å². The molecule has 0 aliphatic heterocycles. The highest BCUT2D eigenvalue weighted by Crippen LogP contribution is 2.15. The van der Waals surface area contributed by atoms with Crippen LogP contribution in [0.2, 0.25) is 0 Å². The Balaban J connectivity index is 2.28. The Morgan fingerprint density at radius 3 is 2.55 bits per heavy atom. The summed E-state index contributed by atoms with van der Waals surface area (Å²) in [4.78, 5) is 0. The van der Waals surface area contributed by atoms with E-state index in [1.165, 1.54) is 37.1 Å². The summed E-state index contributed by atoms with van der Waals surface area (Å²) in [6.07, 6.45) is 4.93. The van der Waals surface area contributed by atoms with Crippen molar-refractivity contribution in [3.63, 3.8) is 0 Å². The van der Waals surface area contributed by atoms with Gasteiger partial charge in [-0.1, -0.05) is 44.9 Å². The predicted octanol–water partition coefficient (Wildman–Crippen LogP) is 4.82. The molecule has 0 heterocycles. The summed E-state index contributed by atoms with van der Waals surface area (Å²) in [5.41, 5.74) is 1.20. The molecule has 0 amide bonds. The Labute approximate surface area is 128 Å². The van der Waals surface area contributed by atoms with E-state index in [2.05, 4.69) is 43.4 Å². The number of nitrogens with one attached hydrogen (secondary N) is 1. The Kier molecular flexibility index (Phi) is 10.5. The fourth-order valence-electron chi connectivity index (χ4n) is 1.81. The van der Waals surface area contributed by atoms with Gasteiger partial charge in [-0.05, 0) is 30.7 Å². The number of hydrogen-bond acceptors (Lipinski definition) is 3. The zero-order valence-electron chi connectivity index (χ0n) is 12.9. The van der Waals surface area contributed by atoms with Crippen molar-refractivity contribution < 1.29 is 4.74 Å². The molecule has 0 saturated heterocycles. The van der Waals surface area contributed by atoms with Crippen LogP contribution in [-0.2, 0) is 4.74 Å². The molecule has 2 nitrogen and oxygen atoms in total. The number of thioether (sulfide) groups is 1. The average molecular weight is 295 g/mol. The summed E-state index contributed by atoms with van der Waals surface area (Å²) < 4.78 is 5.79. The van der Waals surface area contributed by atoms with Crippen molar-refractivity contribution in [2.75, 3.05) is 30.8 Å². The first kappa shape index (κ1) is 17.4. The fraction of sp³-hybridized carbons (Fsp3) is 0.647. The van der Waals surface area contributed by atoms with Crippen molar-refractivity contribution in [3.05, 3.63) is 30.3 Å². The number of unbranched alkanes of at least 4 members (excludes halogenated alkanes) is 2. The van der Waals surface area contributed by atoms with Gasteiger partial charge in [0.25, 0.3) is 0 Å². The molecule has 0 aliphatic carbocycles. The quantitative estimate of drug-likeness (QED) is 0.559. The highest BCUT2D eigenvalue weighted by atomic mass is 32.2. The molecule has 0 aliphatic rings.